The van der Waals surface area contributed by atoms with Crippen molar-refractivity contribution in [2.75, 3.05) is 40.4 Å². The Balaban J connectivity index is 2.59. The van der Waals surface area contributed by atoms with Crippen LogP contribution in [0.5, 0.6) is 11.5 Å². The molecule has 0 amide bonds. The zero-order valence-electron chi connectivity index (χ0n) is 12.3. The molecule has 19 heavy (non-hydrogen) atoms. The van der Waals surface area contributed by atoms with E-state index in [-0.39, 0.29) is 0 Å². The summed E-state index contributed by atoms with van der Waals surface area (Å²) >= 11 is 0. The molecule has 108 valence electrons. The Morgan fingerprint density at radius 2 is 1.95 bits per heavy atom. The largest absolute Gasteiger partial charge is 0.490 e. The van der Waals surface area contributed by atoms with Crippen molar-refractivity contribution in [1.82, 2.24) is 4.90 Å². The molecule has 4 nitrogen and oxygen atoms in total. The molecule has 0 spiro atoms. The summed E-state index contributed by atoms with van der Waals surface area (Å²) in [5.41, 5.74) is 6.76. The fourth-order valence-electron chi connectivity index (χ4n) is 1.83. The van der Waals surface area contributed by atoms with Gasteiger partial charge in [-0.3, -0.25) is 0 Å². The van der Waals surface area contributed by atoms with Crippen LogP contribution in [-0.2, 0) is 6.42 Å². The predicted octanol–water partition coefficient (Wildman–Crippen LogP) is 1.92. The Hall–Kier alpha value is -1.26. The molecule has 1 aromatic carbocycles. The van der Waals surface area contributed by atoms with Crippen molar-refractivity contribution in [3.05, 3.63) is 23.8 Å². The van der Waals surface area contributed by atoms with Crippen LogP contribution >= 0.6 is 0 Å². The van der Waals surface area contributed by atoms with Crippen LogP contribution in [0, 0.1) is 0 Å². The molecule has 0 radical (unpaired) electrons. The SMILES string of the molecule is CCOc1cc(CCN)ccc1OCCCN(C)C. The lowest BCUT2D eigenvalue weighted by atomic mass is 10.1. The molecule has 0 saturated carbocycles. The van der Waals surface area contributed by atoms with Crippen molar-refractivity contribution in [1.29, 1.82) is 0 Å². The van der Waals surface area contributed by atoms with Gasteiger partial charge in [0, 0.05) is 6.54 Å². The zero-order valence-corrected chi connectivity index (χ0v) is 12.3. The summed E-state index contributed by atoms with van der Waals surface area (Å²) in [7, 11) is 4.13. The summed E-state index contributed by atoms with van der Waals surface area (Å²) in [5.74, 6) is 1.64. The molecular weight excluding hydrogens is 240 g/mol. The summed E-state index contributed by atoms with van der Waals surface area (Å²) in [6.45, 7) is 4.99. The van der Waals surface area contributed by atoms with Crippen molar-refractivity contribution in [2.45, 2.75) is 19.8 Å². The molecule has 0 aliphatic carbocycles. The van der Waals surface area contributed by atoms with Gasteiger partial charge in [0.05, 0.1) is 13.2 Å². The van der Waals surface area contributed by atoms with E-state index in [0.717, 1.165) is 30.9 Å². The molecule has 0 unspecified atom stereocenters. The second-order valence-corrected chi connectivity index (χ2v) is 4.76. The average molecular weight is 266 g/mol. The molecule has 0 aromatic heterocycles. The molecular formula is C15H26N2O2. The molecule has 1 aromatic rings. The van der Waals surface area contributed by atoms with Crippen molar-refractivity contribution in [2.24, 2.45) is 5.73 Å². The van der Waals surface area contributed by atoms with E-state index in [4.69, 9.17) is 15.2 Å². The van der Waals surface area contributed by atoms with E-state index in [1.807, 2.05) is 19.1 Å². The molecule has 0 aliphatic heterocycles. The molecule has 0 fully saturated rings. The third-order valence-corrected chi connectivity index (χ3v) is 2.75. The smallest absolute Gasteiger partial charge is 0.161 e. The summed E-state index contributed by atoms with van der Waals surface area (Å²) in [4.78, 5) is 2.15. The van der Waals surface area contributed by atoms with E-state index in [1.54, 1.807) is 0 Å². The normalized spacial score (nSPS) is 10.8. The van der Waals surface area contributed by atoms with Crippen molar-refractivity contribution in [3.8, 4) is 11.5 Å². The lowest BCUT2D eigenvalue weighted by molar-refractivity contribution is 0.258. The highest BCUT2D eigenvalue weighted by molar-refractivity contribution is 5.43. The molecule has 2 N–H and O–H groups in total. The Morgan fingerprint density at radius 3 is 2.58 bits per heavy atom. The molecule has 0 heterocycles. The predicted molar refractivity (Wildman–Crippen MR) is 79.0 cm³/mol. The number of benzene rings is 1. The Labute approximate surface area is 116 Å². The molecule has 1 rings (SSSR count). The van der Waals surface area contributed by atoms with Gasteiger partial charge in [-0.05, 0) is 58.1 Å². The fourth-order valence-corrected chi connectivity index (χ4v) is 1.83. The van der Waals surface area contributed by atoms with E-state index in [0.29, 0.717) is 19.8 Å². The molecule has 4 heteroatoms. The number of ether oxygens (including phenoxy) is 2. The van der Waals surface area contributed by atoms with E-state index in [9.17, 15) is 0 Å². The molecule has 0 bridgehead atoms. The van der Waals surface area contributed by atoms with Crippen LogP contribution in [0.15, 0.2) is 18.2 Å². The number of nitrogens with two attached hydrogens (primary N) is 1. The van der Waals surface area contributed by atoms with Crippen LogP contribution in [-0.4, -0.2) is 45.3 Å². The monoisotopic (exact) mass is 266 g/mol. The van der Waals surface area contributed by atoms with Crippen LogP contribution in [0.3, 0.4) is 0 Å². The topological polar surface area (TPSA) is 47.7 Å². The van der Waals surface area contributed by atoms with Crippen LogP contribution in [0.1, 0.15) is 18.9 Å². The minimum Gasteiger partial charge on any atom is -0.490 e. The summed E-state index contributed by atoms with van der Waals surface area (Å²) in [6.07, 6.45) is 1.87. The highest BCUT2D eigenvalue weighted by Crippen LogP contribution is 2.28. The third kappa shape index (κ3) is 5.94. The Bertz CT molecular complexity index is 367. The minimum atomic E-state index is 0.639. The number of hydrogen-bond acceptors (Lipinski definition) is 4. The maximum absolute atomic E-state index is 5.79. The van der Waals surface area contributed by atoms with Crippen molar-refractivity contribution < 1.29 is 9.47 Å². The first kappa shape index (κ1) is 15.8. The zero-order chi connectivity index (χ0) is 14.1. The lowest BCUT2D eigenvalue weighted by Gasteiger charge is -2.14. The van der Waals surface area contributed by atoms with Gasteiger partial charge in [-0.2, -0.15) is 0 Å². The van der Waals surface area contributed by atoms with Gasteiger partial charge < -0.3 is 20.1 Å². The van der Waals surface area contributed by atoms with E-state index >= 15 is 0 Å². The first-order valence-corrected chi connectivity index (χ1v) is 6.90. The van der Waals surface area contributed by atoms with Crippen LogP contribution < -0.4 is 15.2 Å². The van der Waals surface area contributed by atoms with E-state index < -0.39 is 0 Å². The fraction of sp³-hybridized carbons (Fsp3) is 0.600. The van der Waals surface area contributed by atoms with E-state index in [1.165, 1.54) is 5.56 Å². The van der Waals surface area contributed by atoms with Gasteiger partial charge in [0.15, 0.2) is 11.5 Å². The first-order valence-electron chi connectivity index (χ1n) is 6.90. The molecule has 0 aliphatic rings. The molecule has 0 saturated heterocycles. The first-order chi connectivity index (χ1) is 9.17. The highest BCUT2D eigenvalue weighted by Gasteiger charge is 2.06. The van der Waals surface area contributed by atoms with Crippen molar-refractivity contribution >= 4 is 0 Å². The Kier molecular flexibility index (Phi) is 7.30. The van der Waals surface area contributed by atoms with Crippen LogP contribution in [0.2, 0.25) is 0 Å². The van der Waals surface area contributed by atoms with Gasteiger partial charge in [-0.15, -0.1) is 0 Å². The summed E-state index contributed by atoms with van der Waals surface area (Å²) in [6, 6.07) is 6.06. The third-order valence-electron chi connectivity index (χ3n) is 2.75. The summed E-state index contributed by atoms with van der Waals surface area (Å²) < 4.78 is 11.4. The van der Waals surface area contributed by atoms with Gasteiger partial charge in [0.25, 0.3) is 0 Å². The molecule has 0 atom stereocenters. The quantitative estimate of drug-likeness (QED) is 0.694. The van der Waals surface area contributed by atoms with E-state index in [2.05, 4.69) is 25.1 Å². The number of nitrogens with zero attached hydrogens (tertiary/aromatic N) is 1. The van der Waals surface area contributed by atoms with Crippen LogP contribution in [0.4, 0.5) is 0 Å². The Morgan fingerprint density at radius 1 is 1.16 bits per heavy atom. The lowest BCUT2D eigenvalue weighted by Crippen LogP contribution is -2.15. The summed E-state index contributed by atoms with van der Waals surface area (Å²) in [5, 5.41) is 0. The maximum atomic E-state index is 5.79. The second-order valence-electron chi connectivity index (χ2n) is 4.76. The van der Waals surface area contributed by atoms with Crippen LogP contribution in [0.25, 0.3) is 0 Å². The second kappa shape index (κ2) is 8.77. The van der Waals surface area contributed by atoms with Gasteiger partial charge in [-0.1, -0.05) is 6.07 Å². The van der Waals surface area contributed by atoms with Gasteiger partial charge in [0.1, 0.15) is 0 Å². The van der Waals surface area contributed by atoms with Gasteiger partial charge >= 0.3 is 0 Å². The highest BCUT2D eigenvalue weighted by atomic mass is 16.5. The standard InChI is InChI=1S/C15H26N2O2/c1-4-18-15-12-13(8-9-16)6-7-14(15)19-11-5-10-17(2)3/h6-7,12H,4-5,8-11,16H2,1-3H3. The maximum Gasteiger partial charge on any atom is 0.161 e. The average Bonchev–Trinajstić information content (AvgIpc) is 2.37. The van der Waals surface area contributed by atoms with Gasteiger partial charge in [0.2, 0.25) is 0 Å². The number of rotatable bonds is 9. The minimum absolute atomic E-state index is 0.639. The van der Waals surface area contributed by atoms with Crippen molar-refractivity contribution in [3.63, 3.8) is 0 Å². The number of hydrogen-bond donors (Lipinski definition) is 1. The van der Waals surface area contributed by atoms with Gasteiger partial charge in [-0.25, -0.2) is 0 Å².